The van der Waals surface area contributed by atoms with E-state index in [4.69, 9.17) is 14.2 Å². The van der Waals surface area contributed by atoms with E-state index in [9.17, 15) is 34.5 Å². The third-order valence-electron chi connectivity index (χ3n) is 10.3. The molecule has 1 amide bonds. The molecule has 1 unspecified atom stereocenters. The van der Waals surface area contributed by atoms with Crippen LogP contribution in [-0.4, -0.2) is 69.0 Å². The van der Waals surface area contributed by atoms with Crippen LogP contribution in [0.2, 0.25) is 0 Å². The summed E-state index contributed by atoms with van der Waals surface area (Å²) in [5.41, 5.74) is 7.24. The molecule has 1 fully saturated rings. The summed E-state index contributed by atoms with van der Waals surface area (Å²) < 4.78 is 15.6. The molecule has 0 aromatic heterocycles. The normalized spacial score (nSPS) is 15.1. The van der Waals surface area contributed by atoms with Crippen molar-refractivity contribution >= 4 is 61.9 Å². The van der Waals surface area contributed by atoms with Crippen LogP contribution in [0.25, 0.3) is 0 Å². The summed E-state index contributed by atoms with van der Waals surface area (Å²) in [6.45, 7) is 5.53. The summed E-state index contributed by atoms with van der Waals surface area (Å²) in [6, 6.07) is 52.0. The van der Waals surface area contributed by atoms with Gasteiger partial charge in [0.05, 0.1) is 30.6 Å². The fourth-order valence-electron chi connectivity index (χ4n) is 7.10. The number of benzene rings is 7. The Hall–Kier alpha value is -9.11. The summed E-state index contributed by atoms with van der Waals surface area (Å²) >= 11 is 0. The highest BCUT2D eigenvalue weighted by atomic mass is 31.1. The van der Waals surface area contributed by atoms with E-state index >= 15 is 0 Å². The number of carbonyl (C=O) groups is 4. The number of hydrogen-bond acceptors (Lipinski definition) is 15. The Morgan fingerprint density at radius 2 is 0.808 bits per heavy atom. The van der Waals surface area contributed by atoms with Gasteiger partial charge in [0.2, 0.25) is 5.91 Å². The molecule has 17 heteroatoms. The van der Waals surface area contributed by atoms with Crippen LogP contribution in [0.1, 0.15) is 72.6 Å². The van der Waals surface area contributed by atoms with E-state index in [0.29, 0.717) is 45.1 Å². The van der Waals surface area contributed by atoms with Crippen molar-refractivity contribution in [3.05, 3.63) is 209 Å². The zero-order valence-corrected chi connectivity index (χ0v) is 41.0. The van der Waals surface area contributed by atoms with E-state index in [1.165, 1.54) is 52.6 Å². The fourth-order valence-corrected chi connectivity index (χ4v) is 10.2. The molecule has 16 nitrogen and oxygen atoms in total. The zero-order chi connectivity index (χ0) is 52.1. The molecule has 7 aromatic carbocycles. The molecule has 0 spiro atoms. The Morgan fingerprint density at radius 1 is 0.452 bits per heavy atom. The standard InChI is InChI=1S/C24H23N2O4P.C18H16N2O4.C14H12N2O2/c1-16(27)26-24(19-12-6-8-14-21(19)29)31(18-10-4-3-5-11-18)23(25-26)20-13-7-9-15-22(20)30-17(2)28;1-13(21)23-17-9-5-3-7-15(17)11-19-20-12-16-8-4-6-10-18(16)24-14(2)22;17-13-7-3-1-5-11(13)9-15-16-10-12-6-2-4-8-14(12)18/h3-15,23-25,29H,1-2H3;3-12H,1-2H3;1-10,17-18H/b;19-11+,20-12+;15-9+,16-10+/t23-,24-,31?;;/m0../s1. The number of aromatic hydroxyl groups is 3. The summed E-state index contributed by atoms with van der Waals surface area (Å²) in [5.74, 6) is -0.376. The smallest absolute Gasteiger partial charge is 0.308 e. The van der Waals surface area contributed by atoms with E-state index in [0.717, 1.165) is 10.9 Å². The summed E-state index contributed by atoms with van der Waals surface area (Å²) in [6.07, 6.45) is 5.85. The number of carbonyl (C=O) groups excluding carboxylic acids is 4. The number of para-hydroxylation sites is 6. The van der Waals surface area contributed by atoms with Gasteiger partial charge in [0, 0.05) is 61.1 Å². The van der Waals surface area contributed by atoms with Crippen molar-refractivity contribution in [2.45, 2.75) is 39.3 Å². The number of ether oxygens (including phenoxy) is 3. The molecule has 1 aliphatic heterocycles. The van der Waals surface area contributed by atoms with E-state index in [2.05, 4.69) is 25.8 Å². The molecule has 0 bridgehead atoms. The fraction of sp³-hybridized carbons (Fsp3) is 0.107. The van der Waals surface area contributed by atoms with Gasteiger partial charge in [-0.2, -0.15) is 20.4 Å². The van der Waals surface area contributed by atoms with Crippen LogP contribution in [0.4, 0.5) is 0 Å². The molecular formula is C56H51N6O10P. The number of nitrogens with zero attached hydrogens (tertiary/aromatic N) is 5. The zero-order valence-electron chi connectivity index (χ0n) is 40.1. The SMILES string of the molecule is CC(=O)Oc1ccccc1/C=N/N=C/c1ccccc1OC(C)=O.CC(=O)Oc1ccccc1[C@H]1NN(C(C)=O)[C@H](c2ccccc2O)P1c1ccccc1.Oc1ccccc1/C=N/N=C/c1ccccc1O. The average molecular weight is 999 g/mol. The molecule has 7 aromatic rings. The van der Waals surface area contributed by atoms with Crippen molar-refractivity contribution in [3.8, 4) is 34.5 Å². The van der Waals surface area contributed by atoms with Crippen molar-refractivity contribution in [1.82, 2.24) is 10.4 Å². The number of esters is 3. The molecule has 3 atom stereocenters. The van der Waals surface area contributed by atoms with Gasteiger partial charge in [-0.3, -0.25) is 24.2 Å². The molecule has 8 rings (SSSR count). The second-order valence-electron chi connectivity index (χ2n) is 15.6. The molecule has 73 heavy (non-hydrogen) atoms. The van der Waals surface area contributed by atoms with Crippen molar-refractivity contribution in [1.29, 1.82) is 0 Å². The first-order valence-corrected chi connectivity index (χ1v) is 24.0. The average Bonchev–Trinajstić information content (AvgIpc) is 3.77. The number of amides is 1. The first kappa shape index (κ1) is 53.2. The largest absolute Gasteiger partial charge is 0.508 e. The molecule has 4 N–H and O–H groups in total. The highest BCUT2D eigenvalue weighted by Crippen LogP contribution is 2.66. The van der Waals surface area contributed by atoms with Gasteiger partial charge in [-0.25, -0.2) is 5.43 Å². The lowest BCUT2D eigenvalue weighted by Crippen LogP contribution is -2.37. The third kappa shape index (κ3) is 15.4. The van der Waals surface area contributed by atoms with Crippen LogP contribution in [0.5, 0.6) is 34.5 Å². The highest BCUT2D eigenvalue weighted by molar-refractivity contribution is 7.66. The van der Waals surface area contributed by atoms with Crippen LogP contribution >= 0.6 is 7.92 Å². The Labute approximate surface area is 423 Å². The van der Waals surface area contributed by atoms with Crippen molar-refractivity contribution in [2.24, 2.45) is 20.4 Å². The predicted octanol–water partition coefficient (Wildman–Crippen LogP) is 9.73. The monoisotopic (exact) mass is 998 g/mol. The topological polar surface area (TPSA) is 221 Å². The minimum absolute atomic E-state index is 0.137. The van der Waals surface area contributed by atoms with Crippen LogP contribution in [0, 0.1) is 0 Å². The third-order valence-corrected chi connectivity index (χ3v) is 13.1. The van der Waals surface area contributed by atoms with Gasteiger partial charge in [0.15, 0.2) is 0 Å². The molecule has 0 radical (unpaired) electrons. The first-order chi connectivity index (χ1) is 35.3. The minimum atomic E-state index is -1.11. The molecule has 1 heterocycles. The van der Waals surface area contributed by atoms with Gasteiger partial charge >= 0.3 is 17.9 Å². The van der Waals surface area contributed by atoms with Gasteiger partial charge in [-0.15, -0.1) is 0 Å². The molecule has 0 aliphatic carbocycles. The van der Waals surface area contributed by atoms with Gasteiger partial charge < -0.3 is 29.5 Å². The van der Waals surface area contributed by atoms with Gasteiger partial charge in [0.25, 0.3) is 0 Å². The maximum atomic E-state index is 12.7. The lowest BCUT2D eigenvalue weighted by Gasteiger charge is -2.28. The summed E-state index contributed by atoms with van der Waals surface area (Å²) in [4.78, 5) is 46.5. The number of rotatable bonds is 12. The van der Waals surface area contributed by atoms with Gasteiger partial charge in [-0.05, 0) is 73.9 Å². The lowest BCUT2D eigenvalue weighted by molar-refractivity contribution is -0.133. The quantitative estimate of drug-likeness (QED) is 0.0297. The number of nitrogens with one attached hydrogen (secondary N) is 1. The van der Waals surface area contributed by atoms with E-state index in [1.807, 2.05) is 60.7 Å². The molecule has 370 valence electrons. The van der Waals surface area contributed by atoms with Crippen LogP contribution < -0.4 is 24.9 Å². The van der Waals surface area contributed by atoms with Crippen LogP contribution in [0.3, 0.4) is 0 Å². The van der Waals surface area contributed by atoms with Crippen molar-refractivity contribution in [2.75, 3.05) is 0 Å². The molecule has 1 saturated heterocycles. The van der Waals surface area contributed by atoms with Crippen molar-refractivity contribution in [3.63, 3.8) is 0 Å². The predicted molar refractivity (Wildman–Crippen MR) is 282 cm³/mol. The maximum Gasteiger partial charge on any atom is 0.308 e. The van der Waals surface area contributed by atoms with Crippen LogP contribution in [0.15, 0.2) is 196 Å². The Kier molecular flexibility index (Phi) is 19.5. The van der Waals surface area contributed by atoms with Crippen molar-refractivity contribution < 1.29 is 48.7 Å². The van der Waals surface area contributed by atoms with E-state index in [1.54, 1.807) is 120 Å². The number of hydrogen-bond donors (Lipinski definition) is 4. The maximum absolute atomic E-state index is 12.7. The number of hydrazine groups is 1. The second-order valence-corrected chi connectivity index (χ2v) is 17.9. The van der Waals surface area contributed by atoms with E-state index in [-0.39, 0.29) is 28.9 Å². The summed E-state index contributed by atoms with van der Waals surface area (Å²) in [5, 5.41) is 47.8. The second kappa shape index (κ2) is 26.8. The minimum Gasteiger partial charge on any atom is -0.508 e. The van der Waals surface area contributed by atoms with Gasteiger partial charge in [0.1, 0.15) is 40.3 Å². The van der Waals surface area contributed by atoms with Gasteiger partial charge in [-0.1, -0.05) is 115 Å². The molecule has 0 saturated carbocycles. The summed E-state index contributed by atoms with van der Waals surface area (Å²) in [7, 11) is -1.11. The number of phenols is 3. The number of phenolic OH excluding ortho intramolecular Hbond substituents is 3. The lowest BCUT2D eigenvalue weighted by atomic mass is 10.2. The Bertz CT molecular complexity index is 3030. The molecule has 1 aliphatic rings. The molecular weight excluding hydrogens is 948 g/mol. The van der Waals surface area contributed by atoms with Crippen LogP contribution in [-0.2, 0) is 19.2 Å². The Balaban J connectivity index is 0.000000186. The Morgan fingerprint density at radius 3 is 1.25 bits per heavy atom. The highest BCUT2D eigenvalue weighted by Gasteiger charge is 2.47. The first-order valence-electron chi connectivity index (χ1n) is 22.5. The van der Waals surface area contributed by atoms with E-state index < -0.39 is 31.6 Å².